The maximum atomic E-state index is 11.6. The van der Waals surface area contributed by atoms with Gasteiger partial charge in [-0.15, -0.1) is 6.58 Å². The Morgan fingerprint density at radius 2 is 2.06 bits per heavy atom. The van der Waals surface area contributed by atoms with Gasteiger partial charge in [0.05, 0.1) is 13.2 Å². The quantitative estimate of drug-likeness (QED) is 0.624. The third kappa shape index (κ3) is 2.14. The molecule has 0 fully saturated rings. The van der Waals surface area contributed by atoms with Gasteiger partial charge in [-0.3, -0.25) is 4.79 Å². The van der Waals surface area contributed by atoms with E-state index < -0.39 is 17.5 Å². The SMILES string of the molecule is C=CC(C)(C(=O)OC)C(O)c1ccccc1. The van der Waals surface area contributed by atoms with Crippen LogP contribution in [0, 0.1) is 5.41 Å². The van der Waals surface area contributed by atoms with Gasteiger partial charge >= 0.3 is 5.97 Å². The monoisotopic (exact) mass is 220 g/mol. The van der Waals surface area contributed by atoms with Crippen molar-refractivity contribution in [2.75, 3.05) is 7.11 Å². The van der Waals surface area contributed by atoms with Crippen LogP contribution in [-0.4, -0.2) is 18.2 Å². The normalized spacial score (nSPS) is 15.9. The molecule has 0 heterocycles. The summed E-state index contributed by atoms with van der Waals surface area (Å²) in [6.07, 6.45) is 0.454. The fourth-order valence-electron chi connectivity index (χ4n) is 1.51. The Morgan fingerprint density at radius 1 is 1.50 bits per heavy atom. The zero-order valence-electron chi connectivity index (χ0n) is 9.51. The average molecular weight is 220 g/mol. The minimum absolute atomic E-state index is 0.501. The van der Waals surface area contributed by atoms with Gasteiger partial charge in [-0.25, -0.2) is 0 Å². The molecule has 2 atom stereocenters. The predicted molar refractivity (Wildman–Crippen MR) is 61.7 cm³/mol. The van der Waals surface area contributed by atoms with Gasteiger partial charge < -0.3 is 9.84 Å². The molecule has 2 unspecified atom stereocenters. The lowest BCUT2D eigenvalue weighted by atomic mass is 9.81. The molecule has 1 N–H and O–H groups in total. The molecule has 0 spiro atoms. The van der Waals surface area contributed by atoms with Crippen molar-refractivity contribution in [2.24, 2.45) is 5.41 Å². The first-order valence-electron chi connectivity index (χ1n) is 5.01. The van der Waals surface area contributed by atoms with E-state index in [1.165, 1.54) is 13.2 Å². The van der Waals surface area contributed by atoms with Crippen molar-refractivity contribution in [1.29, 1.82) is 0 Å². The van der Waals surface area contributed by atoms with E-state index >= 15 is 0 Å². The highest BCUT2D eigenvalue weighted by atomic mass is 16.5. The first-order chi connectivity index (χ1) is 7.56. The van der Waals surface area contributed by atoms with Crippen molar-refractivity contribution in [3.05, 3.63) is 48.6 Å². The molecule has 16 heavy (non-hydrogen) atoms. The average Bonchev–Trinajstić information content (AvgIpc) is 2.36. The summed E-state index contributed by atoms with van der Waals surface area (Å²) in [5.74, 6) is -0.501. The first-order valence-corrected chi connectivity index (χ1v) is 5.01. The van der Waals surface area contributed by atoms with E-state index in [9.17, 15) is 9.90 Å². The second-order valence-corrected chi connectivity index (χ2v) is 3.79. The van der Waals surface area contributed by atoms with Crippen LogP contribution in [0.4, 0.5) is 0 Å². The molecule has 0 saturated carbocycles. The minimum Gasteiger partial charge on any atom is -0.468 e. The molecule has 0 saturated heterocycles. The molecule has 0 aliphatic rings. The number of hydrogen-bond acceptors (Lipinski definition) is 3. The predicted octanol–water partition coefficient (Wildman–Crippen LogP) is 2.09. The molecule has 1 rings (SSSR count). The summed E-state index contributed by atoms with van der Waals surface area (Å²) in [7, 11) is 1.29. The number of ether oxygens (including phenoxy) is 1. The number of aliphatic hydroxyl groups is 1. The van der Waals surface area contributed by atoms with Crippen LogP contribution in [0.2, 0.25) is 0 Å². The lowest BCUT2D eigenvalue weighted by Gasteiger charge is -2.28. The van der Waals surface area contributed by atoms with Crippen LogP contribution in [0.1, 0.15) is 18.6 Å². The molecule has 3 nitrogen and oxygen atoms in total. The van der Waals surface area contributed by atoms with E-state index in [4.69, 9.17) is 0 Å². The van der Waals surface area contributed by atoms with Gasteiger partial charge in [-0.2, -0.15) is 0 Å². The Balaban J connectivity index is 3.07. The van der Waals surface area contributed by atoms with Crippen LogP contribution in [0.15, 0.2) is 43.0 Å². The van der Waals surface area contributed by atoms with Crippen molar-refractivity contribution in [2.45, 2.75) is 13.0 Å². The number of methoxy groups -OCH3 is 1. The topological polar surface area (TPSA) is 46.5 Å². The largest absolute Gasteiger partial charge is 0.468 e. The summed E-state index contributed by atoms with van der Waals surface area (Å²) in [6.45, 7) is 5.19. The zero-order valence-corrected chi connectivity index (χ0v) is 9.51. The van der Waals surface area contributed by atoms with Gasteiger partial charge in [0.25, 0.3) is 0 Å². The van der Waals surface area contributed by atoms with Gasteiger partial charge in [-0.05, 0) is 12.5 Å². The highest BCUT2D eigenvalue weighted by Crippen LogP contribution is 2.35. The van der Waals surface area contributed by atoms with Crippen LogP contribution >= 0.6 is 0 Å². The van der Waals surface area contributed by atoms with Gasteiger partial charge in [0.1, 0.15) is 5.41 Å². The van der Waals surface area contributed by atoms with Crippen molar-refractivity contribution in [1.82, 2.24) is 0 Å². The molecule has 0 bridgehead atoms. The number of carbonyl (C=O) groups is 1. The van der Waals surface area contributed by atoms with E-state index in [1.54, 1.807) is 31.2 Å². The Kier molecular flexibility index (Phi) is 3.85. The molecular formula is C13H16O3. The standard InChI is InChI=1S/C13H16O3/c1-4-13(2,12(15)16-3)11(14)10-8-6-5-7-9-10/h4-9,11,14H,1H2,2-3H3. The van der Waals surface area contributed by atoms with Crippen molar-refractivity contribution in [3.63, 3.8) is 0 Å². The molecule has 0 aromatic heterocycles. The molecule has 3 heteroatoms. The lowest BCUT2D eigenvalue weighted by Crippen LogP contribution is -2.33. The van der Waals surface area contributed by atoms with E-state index in [1.807, 2.05) is 6.07 Å². The van der Waals surface area contributed by atoms with Crippen LogP contribution < -0.4 is 0 Å². The van der Waals surface area contributed by atoms with Crippen LogP contribution in [0.3, 0.4) is 0 Å². The van der Waals surface area contributed by atoms with E-state index in [2.05, 4.69) is 11.3 Å². The zero-order chi connectivity index (χ0) is 12.2. The van der Waals surface area contributed by atoms with Gasteiger partial charge in [-0.1, -0.05) is 36.4 Å². The van der Waals surface area contributed by atoms with E-state index in [0.29, 0.717) is 5.56 Å². The summed E-state index contributed by atoms with van der Waals surface area (Å²) in [5, 5.41) is 10.2. The third-order valence-corrected chi connectivity index (χ3v) is 2.73. The Morgan fingerprint density at radius 3 is 2.50 bits per heavy atom. The highest BCUT2D eigenvalue weighted by molar-refractivity contribution is 5.79. The molecule has 0 aliphatic heterocycles. The fraction of sp³-hybridized carbons (Fsp3) is 0.308. The molecule has 0 radical (unpaired) electrons. The van der Waals surface area contributed by atoms with Crippen LogP contribution in [0.25, 0.3) is 0 Å². The van der Waals surface area contributed by atoms with Gasteiger partial charge in [0.2, 0.25) is 0 Å². The molecule has 86 valence electrons. The molecule has 0 amide bonds. The first kappa shape index (κ1) is 12.5. The highest BCUT2D eigenvalue weighted by Gasteiger charge is 2.39. The Bertz CT molecular complexity index is 372. The van der Waals surface area contributed by atoms with E-state index in [-0.39, 0.29) is 0 Å². The summed E-state index contributed by atoms with van der Waals surface area (Å²) in [5.41, 5.74) is -0.467. The van der Waals surface area contributed by atoms with E-state index in [0.717, 1.165) is 0 Å². The summed E-state index contributed by atoms with van der Waals surface area (Å²) < 4.78 is 4.68. The molecule has 1 aromatic carbocycles. The number of rotatable bonds is 4. The van der Waals surface area contributed by atoms with Crippen molar-refractivity contribution >= 4 is 5.97 Å². The summed E-state index contributed by atoms with van der Waals surface area (Å²) in [4.78, 5) is 11.6. The minimum atomic E-state index is -1.13. The summed E-state index contributed by atoms with van der Waals surface area (Å²) in [6, 6.07) is 8.98. The van der Waals surface area contributed by atoms with Gasteiger partial charge in [0, 0.05) is 0 Å². The van der Waals surface area contributed by atoms with Crippen LogP contribution in [-0.2, 0) is 9.53 Å². The van der Waals surface area contributed by atoms with Gasteiger partial charge in [0.15, 0.2) is 0 Å². The molecule has 0 aliphatic carbocycles. The Labute approximate surface area is 95.4 Å². The van der Waals surface area contributed by atoms with Crippen molar-refractivity contribution in [3.8, 4) is 0 Å². The third-order valence-electron chi connectivity index (χ3n) is 2.73. The fourth-order valence-corrected chi connectivity index (χ4v) is 1.51. The maximum absolute atomic E-state index is 11.6. The second-order valence-electron chi connectivity index (χ2n) is 3.79. The van der Waals surface area contributed by atoms with Crippen molar-refractivity contribution < 1.29 is 14.6 Å². The lowest BCUT2D eigenvalue weighted by molar-refractivity contribution is -0.154. The smallest absolute Gasteiger partial charge is 0.318 e. The second kappa shape index (κ2) is 4.94. The summed E-state index contributed by atoms with van der Waals surface area (Å²) >= 11 is 0. The maximum Gasteiger partial charge on any atom is 0.318 e. The number of benzene rings is 1. The molecule has 1 aromatic rings. The number of carbonyl (C=O) groups excluding carboxylic acids is 1. The molecular weight excluding hydrogens is 204 g/mol. The Hall–Kier alpha value is -1.61. The number of hydrogen-bond donors (Lipinski definition) is 1. The van der Waals surface area contributed by atoms with Crippen LogP contribution in [0.5, 0.6) is 0 Å². The number of aliphatic hydroxyl groups excluding tert-OH is 1. The number of esters is 1.